The van der Waals surface area contributed by atoms with Gasteiger partial charge in [0.15, 0.2) is 4.34 Å². The van der Waals surface area contributed by atoms with Gasteiger partial charge in [0.25, 0.3) is 0 Å². The maximum Gasteiger partial charge on any atom is 0.151 e. The molecule has 1 aromatic heterocycles. The van der Waals surface area contributed by atoms with E-state index in [1.165, 1.54) is 42.6 Å². The zero-order valence-corrected chi connectivity index (χ0v) is 17.6. The molecule has 0 unspecified atom stereocenters. The van der Waals surface area contributed by atoms with Crippen molar-refractivity contribution in [2.45, 2.75) is 29.4 Å². The molecule has 0 N–H and O–H groups in total. The predicted molar refractivity (Wildman–Crippen MR) is 116 cm³/mol. The Morgan fingerprint density at radius 2 is 1.89 bits per heavy atom. The highest BCUT2D eigenvalue weighted by molar-refractivity contribution is 8.00. The van der Waals surface area contributed by atoms with Gasteiger partial charge in [-0.25, -0.2) is 4.98 Å². The van der Waals surface area contributed by atoms with E-state index in [0.717, 1.165) is 39.5 Å². The fraction of sp³-hybridized carbons (Fsp3) is 0.381. The third kappa shape index (κ3) is 5.38. The minimum Gasteiger partial charge on any atom is -0.492 e. The lowest BCUT2D eigenvalue weighted by atomic mass is 10.1. The van der Waals surface area contributed by atoms with Gasteiger partial charge in [-0.15, -0.1) is 11.3 Å². The topological polar surface area (TPSA) is 25.4 Å². The third-order valence-corrected chi connectivity index (χ3v) is 7.23. The summed E-state index contributed by atoms with van der Waals surface area (Å²) in [5, 5.41) is 0.775. The molecule has 0 aliphatic carbocycles. The summed E-state index contributed by atoms with van der Waals surface area (Å²) in [5.74, 6) is 1.84. The highest BCUT2D eigenvalue weighted by Crippen LogP contribution is 2.33. The van der Waals surface area contributed by atoms with Gasteiger partial charge in [0.05, 0.1) is 10.2 Å². The van der Waals surface area contributed by atoms with E-state index in [2.05, 4.69) is 29.2 Å². The van der Waals surface area contributed by atoms with Crippen LogP contribution in [0.2, 0.25) is 5.02 Å². The molecule has 2 heterocycles. The van der Waals surface area contributed by atoms with Crippen molar-refractivity contribution < 1.29 is 4.74 Å². The van der Waals surface area contributed by atoms with E-state index in [9.17, 15) is 0 Å². The summed E-state index contributed by atoms with van der Waals surface area (Å²) in [5.41, 5.74) is 2.30. The number of ether oxygens (including phenoxy) is 1. The van der Waals surface area contributed by atoms with Crippen LogP contribution in [0.4, 0.5) is 0 Å². The summed E-state index contributed by atoms with van der Waals surface area (Å²) in [6, 6.07) is 14.2. The van der Waals surface area contributed by atoms with Crippen molar-refractivity contribution in [2.75, 3.05) is 26.2 Å². The minimum absolute atomic E-state index is 0.752. The minimum atomic E-state index is 0.752. The number of benzene rings is 2. The van der Waals surface area contributed by atoms with Crippen molar-refractivity contribution in [3.8, 4) is 5.75 Å². The van der Waals surface area contributed by atoms with E-state index in [4.69, 9.17) is 21.3 Å². The molecule has 1 aliphatic rings. The lowest BCUT2D eigenvalue weighted by Crippen LogP contribution is -2.33. The van der Waals surface area contributed by atoms with Gasteiger partial charge in [-0.3, -0.25) is 4.90 Å². The molecule has 142 valence electrons. The average molecular weight is 419 g/mol. The predicted octanol–water partition coefficient (Wildman–Crippen LogP) is 6.11. The number of aromatic nitrogens is 1. The number of piperidine rings is 1. The second kappa shape index (κ2) is 9.28. The van der Waals surface area contributed by atoms with Crippen LogP contribution in [-0.2, 0) is 5.75 Å². The maximum atomic E-state index is 5.98. The number of hydrogen-bond donors (Lipinski definition) is 0. The molecule has 1 aliphatic heterocycles. The molecule has 0 amide bonds. The van der Waals surface area contributed by atoms with Gasteiger partial charge < -0.3 is 4.74 Å². The Bertz CT molecular complexity index is 876. The number of fused-ring (bicyclic) bond motifs is 1. The number of hydrogen-bond acceptors (Lipinski definition) is 5. The first-order chi connectivity index (χ1) is 13.3. The summed E-state index contributed by atoms with van der Waals surface area (Å²) in [6.45, 7) is 4.20. The first-order valence-electron chi connectivity index (χ1n) is 9.39. The van der Waals surface area contributed by atoms with Crippen molar-refractivity contribution in [1.29, 1.82) is 0 Å². The normalized spacial score (nSPS) is 15.3. The van der Waals surface area contributed by atoms with Crippen LogP contribution in [-0.4, -0.2) is 36.1 Å². The fourth-order valence-electron chi connectivity index (χ4n) is 3.24. The lowest BCUT2D eigenvalue weighted by Gasteiger charge is -2.26. The third-order valence-electron chi connectivity index (χ3n) is 4.74. The van der Waals surface area contributed by atoms with Gasteiger partial charge in [-0.2, -0.15) is 0 Å². The van der Waals surface area contributed by atoms with Crippen molar-refractivity contribution in [2.24, 2.45) is 0 Å². The smallest absolute Gasteiger partial charge is 0.151 e. The van der Waals surface area contributed by atoms with Gasteiger partial charge in [0.1, 0.15) is 12.4 Å². The molecule has 6 heteroatoms. The standard InChI is InChI=1S/C21H23ClN2OS2/c22-17-6-4-16(5-7-17)15-26-21-23-19-9-8-18(14-20(19)27-21)25-13-12-24-10-2-1-3-11-24/h4-9,14H,1-3,10-13,15H2. The van der Waals surface area contributed by atoms with E-state index < -0.39 is 0 Å². The Morgan fingerprint density at radius 3 is 2.70 bits per heavy atom. The molecular weight excluding hydrogens is 396 g/mol. The quantitative estimate of drug-likeness (QED) is 0.432. The highest BCUT2D eigenvalue weighted by Gasteiger charge is 2.10. The molecule has 3 nitrogen and oxygen atoms in total. The fourth-order valence-corrected chi connectivity index (χ4v) is 5.42. The van der Waals surface area contributed by atoms with E-state index in [1.54, 1.807) is 23.1 Å². The van der Waals surface area contributed by atoms with Crippen LogP contribution in [0.5, 0.6) is 5.75 Å². The molecular formula is C21H23ClN2OS2. The van der Waals surface area contributed by atoms with Crippen molar-refractivity contribution in [3.05, 3.63) is 53.1 Å². The summed E-state index contributed by atoms with van der Waals surface area (Å²) in [4.78, 5) is 7.23. The van der Waals surface area contributed by atoms with Crippen LogP contribution in [0.3, 0.4) is 0 Å². The van der Waals surface area contributed by atoms with E-state index in [0.29, 0.717) is 0 Å². The number of halogens is 1. The molecule has 0 radical (unpaired) electrons. The number of thioether (sulfide) groups is 1. The van der Waals surface area contributed by atoms with Gasteiger partial charge in [-0.05, 0) is 61.8 Å². The maximum absolute atomic E-state index is 5.98. The molecule has 0 saturated carbocycles. The van der Waals surface area contributed by atoms with Gasteiger partial charge in [0.2, 0.25) is 0 Å². The van der Waals surface area contributed by atoms with Gasteiger partial charge >= 0.3 is 0 Å². The Balaban J connectivity index is 1.32. The van der Waals surface area contributed by atoms with Crippen molar-refractivity contribution >= 4 is 44.9 Å². The van der Waals surface area contributed by atoms with E-state index >= 15 is 0 Å². The van der Waals surface area contributed by atoms with Gasteiger partial charge in [-0.1, -0.05) is 41.9 Å². The molecule has 0 spiro atoms. The monoisotopic (exact) mass is 418 g/mol. The van der Waals surface area contributed by atoms with Crippen LogP contribution >= 0.6 is 34.7 Å². The number of rotatable bonds is 7. The van der Waals surface area contributed by atoms with Crippen LogP contribution in [0.1, 0.15) is 24.8 Å². The SMILES string of the molecule is Clc1ccc(CSc2nc3ccc(OCCN4CCCCC4)cc3s2)cc1. The Kier molecular flexibility index (Phi) is 6.56. The summed E-state index contributed by atoms with van der Waals surface area (Å²) < 4.78 is 8.26. The van der Waals surface area contributed by atoms with Crippen LogP contribution in [0.25, 0.3) is 10.2 Å². The molecule has 1 saturated heterocycles. The van der Waals surface area contributed by atoms with Crippen molar-refractivity contribution in [3.63, 3.8) is 0 Å². The highest BCUT2D eigenvalue weighted by atomic mass is 35.5. The van der Waals surface area contributed by atoms with Crippen molar-refractivity contribution in [1.82, 2.24) is 9.88 Å². The number of thiazole rings is 1. The Hall–Kier alpha value is -1.27. The number of likely N-dealkylation sites (tertiary alicyclic amines) is 1. The molecule has 4 rings (SSSR count). The zero-order chi connectivity index (χ0) is 18.5. The molecule has 0 bridgehead atoms. The molecule has 27 heavy (non-hydrogen) atoms. The summed E-state index contributed by atoms with van der Waals surface area (Å²) in [6.07, 6.45) is 4.02. The first-order valence-corrected chi connectivity index (χ1v) is 11.6. The number of nitrogens with zero attached hydrogens (tertiary/aromatic N) is 2. The van der Waals surface area contributed by atoms with Crippen LogP contribution in [0.15, 0.2) is 46.8 Å². The molecule has 1 fully saturated rings. The molecule has 2 aromatic carbocycles. The second-order valence-electron chi connectivity index (χ2n) is 6.78. The Labute approximate surface area is 173 Å². The molecule has 3 aromatic rings. The van der Waals surface area contributed by atoms with E-state index in [1.807, 2.05) is 18.2 Å². The average Bonchev–Trinajstić information content (AvgIpc) is 3.11. The van der Waals surface area contributed by atoms with Crippen LogP contribution in [0, 0.1) is 0 Å². The van der Waals surface area contributed by atoms with E-state index in [-0.39, 0.29) is 0 Å². The Morgan fingerprint density at radius 1 is 1.07 bits per heavy atom. The lowest BCUT2D eigenvalue weighted by molar-refractivity contribution is 0.183. The van der Waals surface area contributed by atoms with Gasteiger partial charge in [0, 0.05) is 17.3 Å². The largest absolute Gasteiger partial charge is 0.492 e. The molecule has 0 atom stereocenters. The zero-order valence-electron chi connectivity index (χ0n) is 15.2. The van der Waals surface area contributed by atoms with Crippen LogP contribution < -0.4 is 4.74 Å². The summed E-state index contributed by atoms with van der Waals surface area (Å²) in [7, 11) is 0. The summed E-state index contributed by atoms with van der Waals surface area (Å²) >= 11 is 9.44. The second-order valence-corrected chi connectivity index (χ2v) is 9.46. The first kappa shape index (κ1) is 19.1.